The minimum atomic E-state index is -1.69. The Morgan fingerprint density at radius 1 is 0.919 bits per heavy atom. The highest BCUT2D eigenvalue weighted by atomic mass is 16.6. The fourth-order valence-electron chi connectivity index (χ4n) is 8.69. The lowest BCUT2D eigenvalue weighted by atomic mass is 9.40. The summed E-state index contributed by atoms with van der Waals surface area (Å²) in [7, 11) is 0. The molecule has 0 saturated heterocycles. The number of hydrogen-bond donors (Lipinski definition) is 4. The summed E-state index contributed by atoms with van der Waals surface area (Å²) in [6, 6.07) is 0. The van der Waals surface area contributed by atoms with Crippen molar-refractivity contribution in [1.29, 1.82) is 0 Å². The monoisotopic (exact) mass is 526 g/mol. The van der Waals surface area contributed by atoms with Gasteiger partial charge in [0.05, 0.1) is 28.6 Å². The lowest BCUT2D eigenvalue weighted by Crippen LogP contribution is -2.76. The molecule has 0 aliphatic heterocycles. The molecule has 0 heterocycles. The number of rotatable bonds is 5. The predicted molar refractivity (Wildman–Crippen MR) is 125 cm³/mol. The zero-order chi connectivity index (χ0) is 27.6. The largest absolute Gasteiger partial charge is 0.481 e. The maximum atomic E-state index is 12.3. The number of hydrogen-bond acceptors (Lipinski definition) is 10. The second kappa shape index (κ2) is 9.20. The standard InChI is InChI=1S/C26H38O11/c1-13(27)35-12-25-20(30)9-16(36-14(2)28)10-24(25,33)7-5-17-21(25)19(37-15(3)29)11-23(4)18(22(31)32)6-8-26(17,23)34/h16-21,30,33-34H,5-12H2,1-4H3,(H,31,32)/t16-,17+,18+,19+,20+,21+,23+,24+,25+,26+/m0/s1. The van der Waals surface area contributed by atoms with Gasteiger partial charge in [0.2, 0.25) is 0 Å². The van der Waals surface area contributed by atoms with Crippen LogP contribution in [-0.2, 0) is 33.4 Å². The van der Waals surface area contributed by atoms with Gasteiger partial charge in [-0.1, -0.05) is 6.92 Å². The zero-order valence-electron chi connectivity index (χ0n) is 21.8. The highest BCUT2D eigenvalue weighted by Gasteiger charge is 2.77. The average molecular weight is 527 g/mol. The van der Waals surface area contributed by atoms with Crippen molar-refractivity contribution in [1.82, 2.24) is 0 Å². The quantitative estimate of drug-likeness (QED) is 0.296. The van der Waals surface area contributed by atoms with Crippen LogP contribution in [0.25, 0.3) is 0 Å². The van der Waals surface area contributed by atoms with Gasteiger partial charge in [0.15, 0.2) is 0 Å². The van der Waals surface area contributed by atoms with Gasteiger partial charge in [-0.05, 0) is 38.0 Å². The van der Waals surface area contributed by atoms with Crippen LogP contribution in [0.5, 0.6) is 0 Å². The summed E-state index contributed by atoms with van der Waals surface area (Å²) in [5, 5.41) is 46.0. The van der Waals surface area contributed by atoms with Crippen LogP contribution in [-0.4, -0.2) is 80.4 Å². The minimum Gasteiger partial charge on any atom is -0.481 e. The summed E-state index contributed by atoms with van der Waals surface area (Å²) in [6.45, 7) is 4.97. The lowest BCUT2D eigenvalue weighted by molar-refractivity contribution is -0.319. The first kappa shape index (κ1) is 27.8. The van der Waals surface area contributed by atoms with Crippen molar-refractivity contribution < 1.29 is 53.8 Å². The average Bonchev–Trinajstić information content (AvgIpc) is 3.02. The van der Waals surface area contributed by atoms with Crippen molar-refractivity contribution in [3.8, 4) is 0 Å². The first-order valence-electron chi connectivity index (χ1n) is 12.9. The molecular formula is C26H38O11. The molecule has 10 atom stereocenters. The molecule has 0 aromatic heterocycles. The second-order valence-corrected chi connectivity index (χ2v) is 11.8. The number of carbonyl (C=O) groups excluding carboxylic acids is 3. The Kier molecular flexibility index (Phi) is 6.91. The van der Waals surface area contributed by atoms with E-state index in [4.69, 9.17) is 14.2 Å². The van der Waals surface area contributed by atoms with Crippen LogP contribution in [0.1, 0.15) is 72.6 Å². The summed E-state index contributed by atoms with van der Waals surface area (Å²) in [5.74, 6) is -5.24. The van der Waals surface area contributed by atoms with E-state index in [0.717, 1.165) is 0 Å². The molecule has 11 nitrogen and oxygen atoms in total. The molecule has 0 unspecified atom stereocenters. The number of aliphatic hydroxyl groups is 3. The van der Waals surface area contributed by atoms with Crippen molar-refractivity contribution >= 4 is 23.9 Å². The first-order valence-corrected chi connectivity index (χ1v) is 12.9. The topological polar surface area (TPSA) is 177 Å². The van der Waals surface area contributed by atoms with Crippen molar-refractivity contribution in [2.45, 2.75) is 102 Å². The number of fused-ring (bicyclic) bond motifs is 5. The Hall–Kier alpha value is -2.24. The number of esters is 3. The van der Waals surface area contributed by atoms with Gasteiger partial charge >= 0.3 is 23.9 Å². The molecule has 37 heavy (non-hydrogen) atoms. The summed E-state index contributed by atoms with van der Waals surface area (Å²) >= 11 is 0. The van der Waals surface area contributed by atoms with E-state index in [0.29, 0.717) is 0 Å². The molecule has 0 radical (unpaired) electrons. The Morgan fingerprint density at radius 2 is 1.57 bits per heavy atom. The third-order valence-corrected chi connectivity index (χ3v) is 10.1. The molecule has 4 N–H and O–H groups in total. The van der Waals surface area contributed by atoms with Crippen molar-refractivity contribution in [3.63, 3.8) is 0 Å². The van der Waals surface area contributed by atoms with Gasteiger partial charge in [-0.3, -0.25) is 19.2 Å². The number of aliphatic carboxylic acids is 1. The van der Waals surface area contributed by atoms with E-state index in [-0.39, 0.29) is 44.9 Å². The molecule has 208 valence electrons. The van der Waals surface area contributed by atoms with E-state index in [9.17, 15) is 39.6 Å². The van der Waals surface area contributed by atoms with E-state index < -0.39 is 88.6 Å². The Bertz CT molecular complexity index is 982. The van der Waals surface area contributed by atoms with Crippen LogP contribution >= 0.6 is 0 Å². The maximum absolute atomic E-state index is 12.3. The molecule has 11 heteroatoms. The van der Waals surface area contributed by atoms with Gasteiger partial charge in [0.25, 0.3) is 0 Å². The minimum absolute atomic E-state index is 0.000784. The molecule has 0 bridgehead atoms. The molecule has 0 spiro atoms. The Balaban J connectivity index is 1.88. The maximum Gasteiger partial charge on any atom is 0.307 e. The van der Waals surface area contributed by atoms with Crippen LogP contribution in [0.4, 0.5) is 0 Å². The lowest BCUT2D eigenvalue weighted by Gasteiger charge is -2.68. The third-order valence-electron chi connectivity index (χ3n) is 10.1. The molecule has 0 aromatic rings. The van der Waals surface area contributed by atoms with E-state index in [1.165, 1.54) is 20.8 Å². The van der Waals surface area contributed by atoms with Gasteiger partial charge in [-0.25, -0.2) is 0 Å². The summed E-state index contributed by atoms with van der Waals surface area (Å²) < 4.78 is 16.6. The molecule has 0 amide bonds. The molecule has 4 rings (SSSR count). The molecule has 4 aliphatic rings. The molecule has 4 fully saturated rings. The highest BCUT2D eigenvalue weighted by Crippen LogP contribution is 2.70. The van der Waals surface area contributed by atoms with Gasteiger partial charge in [-0.2, -0.15) is 0 Å². The van der Waals surface area contributed by atoms with Crippen LogP contribution in [0.15, 0.2) is 0 Å². The second-order valence-electron chi connectivity index (χ2n) is 11.8. The van der Waals surface area contributed by atoms with E-state index in [1.807, 2.05) is 0 Å². The normalized spacial score (nSPS) is 46.6. The summed E-state index contributed by atoms with van der Waals surface area (Å²) in [5.41, 5.74) is -5.85. The number of carboxylic acids is 1. The molecule has 4 saturated carbocycles. The van der Waals surface area contributed by atoms with Crippen molar-refractivity contribution in [2.24, 2.45) is 28.6 Å². The molecule has 4 aliphatic carbocycles. The zero-order valence-corrected chi connectivity index (χ0v) is 21.8. The highest BCUT2D eigenvalue weighted by molar-refractivity contribution is 5.72. The van der Waals surface area contributed by atoms with E-state index in [2.05, 4.69) is 0 Å². The smallest absolute Gasteiger partial charge is 0.307 e. The van der Waals surface area contributed by atoms with Crippen LogP contribution in [0.2, 0.25) is 0 Å². The SMILES string of the molecule is CC(=O)OC[C@@]12[C@@H]3[C@@H](CC[C@@]1(O)C[C@@H](OC(C)=O)C[C@H]2O)[C@]1(O)CC[C@H](C(=O)O)[C@@]1(C)C[C@H]3OC(C)=O. The van der Waals surface area contributed by atoms with Gasteiger partial charge in [0.1, 0.15) is 18.8 Å². The van der Waals surface area contributed by atoms with Crippen molar-refractivity contribution in [3.05, 3.63) is 0 Å². The van der Waals surface area contributed by atoms with Crippen molar-refractivity contribution in [2.75, 3.05) is 6.61 Å². The summed E-state index contributed by atoms with van der Waals surface area (Å²) in [6.07, 6.45) is -2.42. The number of carbonyl (C=O) groups is 4. The Morgan fingerprint density at radius 3 is 2.14 bits per heavy atom. The van der Waals surface area contributed by atoms with E-state index >= 15 is 0 Å². The number of ether oxygens (including phenoxy) is 3. The van der Waals surface area contributed by atoms with Crippen LogP contribution in [0, 0.1) is 28.6 Å². The third kappa shape index (κ3) is 4.04. The fraction of sp³-hybridized carbons (Fsp3) is 0.846. The number of carboxylic acid groups (broad SMARTS) is 1. The van der Waals surface area contributed by atoms with Gasteiger partial charge < -0.3 is 34.6 Å². The Labute approximate surface area is 215 Å². The van der Waals surface area contributed by atoms with Gasteiger partial charge in [-0.15, -0.1) is 0 Å². The predicted octanol–water partition coefficient (Wildman–Crippen LogP) is 0.947. The van der Waals surface area contributed by atoms with E-state index in [1.54, 1.807) is 6.92 Å². The van der Waals surface area contributed by atoms with Gasteiger partial charge in [0, 0.05) is 44.9 Å². The van der Waals surface area contributed by atoms with Crippen LogP contribution < -0.4 is 0 Å². The van der Waals surface area contributed by atoms with Crippen LogP contribution in [0.3, 0.4) is 0 Å². The summed E-state index contributed by atoms with van der Waals surface area (Å²) in [4.78, 5) is 48.1. The number of aliphatic hydroxyl groups excluding tert-OH is 1. The molecule has 0 aromatic carbocycles. The molecular weight excluding hydrogens is 488 g/mol. The first-order chi connectivity index (χ1) is 17.1. The fourth-order valence-corrected chi connectivity index (χ4v) is 8.69.